The fourth-order valence-electron chi connectivity index (χ4n) is 2.96. The van der Waals surface area contributed by atoms with Crippen molar-refractivity contribution in [2.45, 2.75) is 25.3 Å². The Morgan fingerprint density at radius 2 is 1.33 bits per heavy atom. The van der Waals surface area contributed by atoms with Crippen molar-refractivity contribution >= 4 is 11.7 Å². The van der Waals surface area contributed by atoms with Crippen molar-refractivity contribution in [2.75, 3.05) is 0 Å². The zero-order valence-corrected chi connectivity index (χ0v) is 13.1. The van der Waals surface area contributed by atoms with Gasteiger partial charge in [0, 0.05) is 12.3 Å². The molecule has 1 saturated heterocycles. The van der Waals surface area contributed by atoms with Crippen molar-refractivity contribution in [3.8, 4) is 11.5 Å². The van der Waals surface area contributed by atoms with E-state index in [0.29, 0.717) is 12.8 Å². The van der Waals surface area contributed by atoms with E-state index in [1.165, 1.54) is 0 Å². The second-order valence-corrected chi connectivity index (χ2v) is 6.17. The summed E-state index contributed by atoms with van der Waals surface area (Å²) >= 11 is 0. The number of phenolic OH excluding ortho intramolecular Hbond substituents is 2. The molecule has 3 N–H and O–H groups in total. The number of piperidine rings is 1. The number of Topliss-reactive ketones (excluding diaryl/α,β-unsaturated/α-hetero) is 1. The average molecular weight is 325 g/mol. The first-order valence-electron chi connectivity index (χ1n) is 7.90. The van der Waals surface area contributed by atoms with E-state index in [2.05, 4.69) is 5.32 Å². The van der Waals surface area contributed by atoms with Crippen LogP contribution in [0.1, 0.15) is 17.5 Å². The lowest BCUT2D eigenvalue weighted by Gasteiger charge is -2.28. The molecule has 5 heteroatoms. The molecular formula is C19H19NO4. The summed E-state index contributed by atoms with van der Waals surface area (Å²) < 4.78 is 0. The minimum atomic E-state index is -0.516. The first-order valence-corrected chi connectivity index (χ1v) is 7.90. The van der Waals surface area contributed by atoms with E-state index >= 15 is 0 Å². The topological polar surface area (TPSA) is 86.6 Å². The van der Waals surface area contributed by atoms with E-state index in [-0.39, 0.29) is 35.5 Å². The summed E-state index contributed by atoms with van der Waals surface area (Å²) in [7, 11) is 0. The Bertz CT molecular complexity index is 671. The van der Waals surface area contributed by atoms with Crippen LogP contribution in [0.5, 0.6) is 11.5 Å². The molecule has 1 aliphatic heterocycles. The second kappa shape index (κ2) is 6.74. The molecule has 3 rings (SSSR count). The first kappa shape index (κ1) is 16.1. The van der Waals surface area contributed by atoms with E-state index in [9.17, 15) is 19.8 Å². The molecular weight excluding hydrogens is 306 g/mol. The highest BCUT2D eigenvalue weighted by Gasteiger charge is 2.34. The quantitative estimate of drug-likeness (QED) is 0.802. The maximum Gasteiger partial charge on any atom is 0.224 e. The predicted octanol–water partition coefficient (Wildman–Crippen LogP) is 1.96. The molecule has 2 unspecified atom stereocenters. The van der Waals surface area contributed by atoms with Crippen molar-refractivity contribution in [1.29, 1.82) is 0 Å². The molecule has 5 nitrogen and oxygen atoms in total. The number of phenols is 2. The molecule has 124 valence electrons. The predicted molar refractivity (Wildman–Crippen MR) is 88.7 cm³/mol. The average Bonchev–Trinajstić information content (AvgIpc) is 2.56. The molecule has 1 heterocycles. The highest BCUT2D eigenvalue weighted by Crippen LogP contribution is 2.21. The molecule has 0 spiro atoms. The number of hydrogen-bond acceptors (Lipinski definition) is 4. The summed E-state index contributed by atoms with van der Waals surface area (Å²) in [5.41, 5.74) is 1.81. The molecule has 2 atom stereocenters. The smallest absolute Gasteiger partial charge is 0.224 e. The highest BCUT2D eigenvalue weighted by molar-refractivity contribution is 5.97. The Morgan fingerprint density at radius 1 is 0.833 bits per heavy atom. The molecule has 0 saturated carbocycles. The number of nitrogens with one attached hydrogen (secondary N) is 1. The van der Waals surface area contributed by atoms with Gasteiger partial charge in [-0.15, -0.1) is 0 Å². The molecule has 2 aromatic rings. The summed E-state index contributed by atoms with van der Waals surface area (Å²) in [6.07, 6.45) is 1.12. The van der Waals surface area contributed by atoms with Crippen LogP contribution >= 0.6 is 0 Å². The lowest BCUT2D eigenvalue weighted by Crippen LogP contribution is -2.51. The molecule has 0 bridgehead atoms. The van der Waals surface area contributed by atoms with Gasteiger partial charge in [0.1, 0.15) is 11.5 Å². The van der Waals surface area contributed by atoms with E-state index in [4.69, 9.17) is 0 Å². The number of aromatic hydroxyl groups is 2. The van der Waals surface area contributed by atoms with Gasteiger partial charge >= 0.3 is 0 Å². The summed E-state index contributed by atoms with van der Waals surface area (Å²) in [5.74, 6) is -0.125. The fraction of sp³-hybridized carbons (Fsp3) is 0.263. The second-order valence-electron chi connectivity index (χ2n) is 6.17. The monoisotopic (exact) mass is 325 g/mol. The van der Waals surface area contributed by atoms with Crippen LogP contribution in [0.2, 0.25) is 0 Å². The lowest BCUT2D eigenvalue weighted by molar-refractivity contribution is -0.136. The molecule has 1 amide bonds. The SMILES string of the molecule is O=C1NC(Cc2ccc(O)cc2)C(=O)CC1Cc1ccc(O)cc1. The van der Waals surface area contributed by atoms with Gasteiger partial charge in [-0.05, 0) is 48.2 Å². The van der Waals surface area contributed by atoms with Crippen molar-refractivity contribution < 1.29 is 19.8 Å². The molecule has 0 aliphatic carbocycles. The normalized spacial score (nSPS) is 20.7. The van der Waals surface area contributed by atoms with Gasteiger partial charge in [0.15, 0.2) is 5.78 Å². The van der Waals surface area contributed by atoms with Gasteiger partial charge < -0.3 is 15.5 Å². The Hall–Kier alpha value is -2.82. The number of amides is 1. The van der Waals surface area contributed by atoms with Gasteiger partial charge in [-0.3, -0.25) is 9.59 Å². The summed E-state index contributed by atoms with van der Waals surface area (Å²) in [5, 5.41) is 21.4. The molecule has 2 aromatic carbocycles. The molecule has 0 radical (unpaired) electrons. The van der Waals surface area contributed by atoms with Crippen molar-refractivity contribution in [2.24, 2.45) is 5.92 Å². The molecule has 0 aromatic heterocycles. The minimum absolute atomic E-state index is 0.0199. The third kappa shape index (κ3) is 3.74. The number of hydrogen-bond donors (Lipinski definition) is 3. The first-order chi connectivity index (χ1) is 11.5. The van der Waals surface area contributed by atoms with Gasteiger partial charge in [0.25, 0.3) is 0 Å². The van der Waals surface area contributed by atoms with Crippen molar-refractivity contribution in [1.82, 2.24) is 5.32 Å². The molecule has 24 heavy (non-hydrogen) atoms. The summed E-state index contributed by atoms with van der Waals surface area (Å²) in [6, 6.07) is 12.8. The Morgan fingerprint density at radius 3 is 1.88 bits per heavy atom. The lowest BCUT2D eigenvalue weighted by atomic mass is 9.86. The minimum Gasteiger partial charge on any atom is -0.508 e. The number of benzene rings is 2. The Labute approximate surface area is 139 Å². The molecule has 1 aliphatic rings. The summed E-state index contributed by atoms with van der Waals surface area (Å²) in [6.45, 7) is 0. The number of carbonyl (C=O) groups excluding carboxylic acids is 2. The number of rotatable bonds is 4. The van der Waals surface area contributed by atoms with Crippen molar-refractivity contribution in [3.63, 3.8) is 0 Å². The molecule has 1 fully saturated rings. The van der Waals surface area contributed by atoms with Crippen LogP contribution in [0.15, 0.2) is 48.5 Å². The zero-order valence-electron chi connectivity index (χ0n) is 13.1. The van der Waals surface area contributed by atoms with Gasteiger partial charge in [-0.25, -0.2) is 0 Å². The maximum absolute atomic E-state index is 12.4. The van der Waals surface area contributed by atoms with Gasteiger partial charge in [-0.1, -0.05) is 24.3 Å². The third-order valence-corrected chi connectivity index (χ3v) is 4.32. The van der Waals surface area contributed by atoms with Gasteiger partial charge in [0.05, 0.1) is 6.04 Å². The van der Waals surface area contributed by atoms with Crippen LogP contribution in [0.25, 0.3) is 0 Å². The van der Waals surface area contributed by atoms with Gasteiger partial charge in [-0.2, -0.15) is 0 Å². The van der Waals surface area contributed by atoms with E-state index in [1.807, 2.05) is 0 Å². The fourth-order valence-corrected chi connectivity index (χ4v) is 2.96. The number of ketones is 1. The largest absolute Gasteiger partial charge is 0.508 e. The standard InChI is InChI=1S/C19H19NO4/c21-15-5-1-12(2-6-15)9-14-11-18(23)17(20-19(14)24)10-13-3-7-16(22)8-4-13/h1-8,14,17,21-22H,9-11H2,(H,20,24). The Kier molecular flexibility index (Phi) is 4.51. The van der Waals surface area contributed by atoms with Crippen molar-refractivity contribution in [3.05, 3.63) is 59.7 Å². The van der Waals surface area contributed by atoms with Crippen LogP contribution in [0, 0.1) is 5.92 Å². The van der Waals surface area contributed by atoms with Crippen LogP contribution < -0.4 is 5.32 Å². The van der Waals surface area contributed by atoms with E-state index in [1.54, 1.807) is 48.5 Å². The Balaban J connectivity index is 1.63. The van der Waals surface area contributed by atoms with Gasteiger partial charge in [0.2, 0.25) is 5.91 Å². The highest BCUT2D eigenvalue weighted by atomic mass is 16.3. The van der Waals surface area contributed by atoms with E-state index < -0.39 is 6.04 Å². The zero-order chi connectivity index (χ0) is 17.1. The summed E-state index contributed by atoms with van der Waals surface area (Å²) in [4.78, 5) is 24.7. The number of carbonyl (C=O) groups is 2. The van der Waals surface area contributed by atoms with E-state index in [0.717, 1.165) is 11.1 Å². The third-order valence-electron chi connectivity index (χ3n) is 4.32. The maximum atomic E-state index is 12.4. The van der Waals surface area contributed by atoms with Crippen LogP contribution in [-0.4, -0.2) is 27.9 Å². The van der Waals surface area contributed by atoms with Crippen LogP contribution in [-0.2, 0) is 22.4 Å². The van der Waals surface area contributed by atoms with Crippen LogP contribution in [0.4, 0.5) is 0 Å². The van der Waals surface area contributed by atoms with Crippen LogP contribution in [0.3, 0.4) is 0 Å².